The second-order valence-corrected chi connectivity index (χ2v) is 6.99. The van der Waals surface area contributed by atoms with Crippen LogP contribution in [-0.4, -0.2) is 61.8 Å². The molecule has 0 aromatic carbocycles. The molecule has 136 valence electrons. The van der Waals surface area contributed by atoms with Crippen LogP contribution in [-0.2, 0) is 9.53 Å². The van der Waals surface area contributed by atoms with E-state index in [0.717, 1.165) is 38.8 Å². The molecule has 23 heavy (non-hydrogen) atoms. The van der Waals surface area contributed by atoms with Crippen LogP contribution in [0.4, 0.5) is 0 Å². The van der Waals surface area contributed by atoms with Crippen molar-refractivity contribution in [2.75, 3.05) is 27.2 Å². The summed E-state index contributed by atoms with van der Waals surface area (Å²) in [6, 6.07) is 1.62. The molecule has 5 nitrogen and oxygen atoms in total. The highest BCUT2D eigenvalue weighted by Gasteiger charge is 2.42. The first-order chi connectivity index (χ1) is 10.1. The first-order valence-electron chi connectivity index (χ1n) is 8.43. The lowest BCUT2D eigenvalue weighted by Crippen LogP contribution is -2.60. The van der Waals surface area contributed by atoms with E-state index in [-0.39, 0.29) is 30.7 Å². The standard InChI is InChI=1S/C16H29N3O2.2ClH/c1-19-13-4-3-5-14(19)11-12(10-13)18-15(20)16(21-2)6-8-17-9-7-16;;/h12-14,17H,3-11H2,1-2H3,(H,18,20);2*1H. The molecule has 3 aliphatic heterocycles. The van der Waals surface area contributed by atoms with Crippen molar-refractivity contribution in [1.29, 1.82) is 0 Å². The lowest BCUT2D eigenvalue weighted by molar-refractivity contribution is -0.148. The normalized spacial score (nSPS) is 33.0. The van der Waals surface area contributed by atoms with Crippen molar-refractivity contribution in [2.45, 2.75) is 68.7 Å². The minimum atomic E-state index is -0.607. The Morgan fingerprint density at radius 3 is 2.26 bits per heavy atom. The van der Waals surface area contributed by atoms with E-state index in [2.05, 4.69) is 22.6 Å². The first-order valence-corrected chi connectivity index (χ1v) is 8.43. The molecule has 0 spiro atoms. The van der Waals surface area contributed by atoms with Crippen molar-refractivity contribution in [3.8, 4) is 0 Å². The minimum absolute atomic E-state index is 0. The molecule has 2 bridgehead atoms. The van der Waals surface area contributed by atoms with E-state index in [1.807, 2.05) is 0 Å². The number of hydrogen-bond donors (Lipinski definition) is 2. The largest absolute Gasteiger partial charge is 0.368 e. The van der Waals surface area contributed by atoms with Gasteiger partial charge in [-0.15, -0.1) is 24.8 Å². The molecule has 3 heterocycles. The van der Waals surface area contributed by atoms with E-state index in [9.17, 15) is 4.79 Å². The van der Waals surface area contributed by atoms with Gasteiger partial charge in [0.1, 0.15) is 5.60 Å². The number of rotatable bonds is 3. The second-order valence-electron chi connectivity index (χ2n) is 6.99. The number of piperidine rings is 3. The number of nitrogens with zero attached hydrogens (tertiary/aromatic N) is 1. The maximum atomic E-state index is 12.7. The Bertz CT molecular complexity index is 378. The fraction of sp³-hybridized carbons (Fsp3) is 0.938. The van der Waals surface area contributed by atoms with Crippen molar-refractivity contribution in [1.82, 2.24) is 15.5 Å². The molecule has 0 radical (unpaired) electrons. The van der Waals surface area contributed by atoms with Gasteiger partial charge in [-0.2, -0.15) is 0 Å². The highest BCUT2D eigenvalue weighted by atomic mass is 35.5. The number of carbonyl (C=O) groups excluding carboxylic acids is 1. The van der Waals surface area contributed by atoms with Gasteiger partial charge in [-0.25, -0.2) is 0 Å². The third-order valence-electron chi connectivity index (χ3n) is 5.89. The Morgan fingerprint density at radius 2 is 1.74 bits per heavy atom. The van der Waals surface area contributed by atoms with E-state index in [0.29, 0.717) is 18.1 Å². The van der Waals surface area contributed by atoms with Crippen LogP contribution in [0.25, 0.3) is 0 Å². The molecule has 0 aromatic heterocycles. The molecule has 2 N–H and O–H groups in total. The average Bonchev–Trinajstić information content (AvgIpc) is 2.49. The predicted octanol–water partition coefficient (Wildman–Crippen LogP) is 1.73. The van der Waals surface area contributed by atoms with Crippen LogP contribution in [0, 0.1) is 0 Å². The molecule has 3 aliphatic rings. The lowest BCUT2D eigenvalue weighted by Gasteiger charge is -2.47. The summed E-state index contributed by atoms with van der Waals surface area (Å²) >= 11 is 0. The molecular weight excluding hydrogens is 337 g/mol. The number of amides is 1. The Hall–Kier alpha value is -0.0700. The van der Waals surface area contributed by atoms with Gasteiger partial charge in [-0.1, -0.05) is 6.42 Å². The molecule has 7 heteroatoms. The monoisotopic (exact) mass is 367 g/mol. The van der Waals surface area contributed by atoms with Gasteiger partial charge in [0.2, 0.25) is 0 Å². The van der Waals surface area contributed by atoms with Crippen molar-refractivity contribution in [3.05, 3.63) is 0 Å². The van der Waals surface area contributed by atoms with Crippen LogP contribution in [0.3, 0.4) is 0 Å². The smallest absolute Gasteiger partial charge is 0.252 e. The molecular formula is C16H31Cl2N3O2. The van der Waals surface area contributed by atoms with E-state index < -0.39 is 5.60 Å². The molecule has 0 saturated carbocycles. The molecule has 2 unspecified atom stereocenters. The third-order valence-corrected chi connectivity index (χ3v) is 5.89. The highest BCUT2D eigenvalue weighted by Crippen LogP contribution is 2.33. The average molecular weight is 368 g/mol. The molecule has 3 saturated heterocycles. The summed E-state index contributed by atoms with van der Waals surface area (Å²) in [5.41, 5.74) is -0.607. The van der Waals surface area contributed by atoms with E-state index in [1.165, 1.54) is 19.3 Å². The van der Waals surface area contributed by atoms with Gasteiger partial charge in [-0.3, -0.25) is 4.79 Å². The summed E-state index contributed by atoms with van der Waals surface area (Å²) < 4.78 is 5.63. The summed E-state index contributed by atoms with van der Waals surface area (Å²) in [4.78, 5) is 15.3. The fourth-order valence-corrected chi connectivity index (χ4v) is 4.41. The Balaban J connectivity index is 0.00000132. The van der Waals surface area contributed by atoms with E-state index >= 15 is 0 Å². The highest BCUT2D eigenvalue weighted by molar-refractivity contribution is 5.86. The second kappa shape index (κ2) is 8.86. The summed E-state index contributed by atoms with van der Waals surface area (Å²) in [5.74, 6) is 0.110. The van der Waals surface area contributed by atoms with Gasteiger partial charge < -0.3 is 20.3 Å². The zero-order valence-electron chi connectivity index (χ0n) is 14.2. The number of fused-ring (bicyclic) bond motifs is 2. The Kier molecular flexibility index (Phi) is 8.08. The summed E-state index contributed by atoms with van der Waals surface area (Å²) in [5, 5.41) is 6.61. The third kappa shape index (κ3) is 4.31. The van der Waals surface area contributed by atoms with Gasteiger partial charge in [0, 0.05) is 25.2 Å². The van der Waals surface area contributed by atoms with Gasteiger partial charge in [0.05, 0.1) is 0 Å². The zero-order valence-corrected chi connectivity index (χ0v) is 15.8. The van der Waals surface area contributed by atoms with Crippen LogP contribution in [0.2, 0.25) is 0 Å². The van der Waals surface area contributed by atoms with Crippen molar-refractivity contribution in [2.24, 2.45) is 0 Å². The number of nitrogens with one attached hydrogen (secondary N) is 2. The van der Waals surface area contributed by atoms with Gasteiger partial charge >= 0.3 is 0 Å². The first kappa shape index (κ1) is 21.0. The molecule has 0 aromatic rings. The Morgan fingerprint density at radius 1 is 1.17 bits per heavy atom. The van der Waals surface area contributed by atoms with Crippen molar-refractivity contribution < 1.29 is 9.53 Å². The molecule has 0 aliphatic carbocycles. The number of hydrogen-bond acceptors (Lipinski definition) is 4. The predicted molar refractivity (Wildman–Crippen MR) is 96.7 cm³/mol. The van der Waals surface area contributed by atoms with Gasteiger partial charge in [0.15, 0.2) is 0 Å². The quantitative estimate of drug-likeness (QED) is 0.797. The molecule has 2 atom stereocenters. The van der Waals surface area contributed by atoms with Crippen molar-refractivity contribution >= 4 is 30.7 Å². The fourth-order valence-electron chi connectivity index (χ4n) is 4.41. The van der Waals surface area contributed by atoms with Crippen LogP contribution in [0.1, 0.15) is 44.9 Å². The maximum Gasteiger partial charge on any atom is 0.252 e. The zero-order chi connectivity index (χ0) is 14.9. The maximum absolute atomic E-state index is 12.7. The van der Waals surface area contributed by atoms with E-state index in [4.69, 9.17) is 4.74 Å². The summed E-state index contributed by atoms with van der Waals surface area (Å²) in [6.45, 7) is 1.72. The topological polar surface area (TPSA) is 53.6 Å². The molecule has 3 fully saturated rings. The number of halogens is 2. The van der Waals surface area contributed by atoms with Crippen LogP contribution < -0.4 is 10.6 Å². The molecule has 1 amide bonds. The number of ether oxygens (including phenoxy) is 1. The van der Waals surface area contributed by atoms with Gasteiger partial charge in [-0.05, 0) is 58.7 Å². The number of carbonyl (C=O) groups is 1. The minimum Gasteiger partial charge on any atom is -0.368 e. The van der Waals surface area contributed by atoms with Crippen LogP contribution >= 0.6 is 24.8 Å². The van der Waals surface area contributed by atoms with Crippen LogP contribution in [0.15, 0.2) is 0 Å². The van der Waals surface area contributed by atoms with Crippen molar-refractivity contribution in [3.63, 3.8) is 0 Å². The summed E-state index contributed by atoms with van der Waals surface area (Å²) in [6.07, 6.45) is 7.63. The lowest BCUT2D eigenvalue weighted by atomic mass is 9.81. The van der Waals surface area contributed by atoms with Gasteiger partial charge in [0.25, 0.3) is 5.91 Å². The Labute approximate surface area is 152 Å². The molecule has 3 rings (SSSR count). The summed E-state index contributed by atoms with van der Waals surface area (Å²) in [7, 11) is 3.92. The van der Waals surface area contributed by atoms with Crippen LogP contribution in [0.5, 0.6) is 0 Å². The SMILES string of the molecule is COC1(C(=O)NC2CC3CCCC(C2)N3C)CCNCC1.Cl.Cl. The number of methoxy groups -OCH3 is 1. The van der Waals surface area contributed by atoms with E-state index in [1.54, 1.807) is 7.11 Å².